The fraction of sp³-hybridized carbons (Fsp3) is 0.0833. The first-order chi connectivity index (χ1) is 15.5. The van der Waals surface area contributed by atoms with Gasteiger partial charge in [0.15, 0.2) is 11.6 Å². The number of hydrogen-bond donors (Lipinski definition) is 1. The predicted molar refractivity (Wildman–Crippen MR) is 128 cm³/mol. The smallest absolute Gasteiger partial charge is 0.256 e. The van der Waals surface area contributed by atoms with Gasteiger partial charge in [-0.05, 0) is 35.4 Å². The summed E-state index contributed by atoms with van der Waals surface area (Å²) in [6, 6.07) is 22.0. The minimum atomic E-state index is -0.264. The maximum atomic E-state index is 12.7. The number of ether oxygens (including phenoxy) is 1. The van der Waals surface area contributed by atoms with E-state index in [9.17, 15) is 4.79 Å². The lowest BCUT2D eigenvalue weighted by Gasteiger charge is -2.11. The van der Waals surface area contributed by atoms with Crippen LogP contribution in [-0.2, 0) is 13.2 Å². The molecule has 0 saturated heterocycles. The molecule has 0 aliphatic carbocycles. The first-order valence-corrected chi connectivity index (χ1v) is 10.9. The van der Waals surface area contributed by atoms with Gasteiger partial charge >= 0.3 is 0 Å². The number of benzene rings is 3. The Kier molecular flexibility index (Phi) is 7.00. The van der Waals surface area contributed by atoms with Crippen molar-refractivity contribution in [3.8, 4) is 5.75 Å². The van der Waals surface area contributed by atoms with Crippen molar-refractivity contribution in [2.24, 2.45) is 0 Å². The lowest BCUT2D eigenvalue weighted by molar-refractivity contribution is 0.102. The van der Waals surface area contributed by atoms with Crippen LogP contribution in [0, 0.1) is 0 Å². The molecule has 5 nitrogen and oxygen atoms in total. The molecule has 0 radical (unpaired) electrons. The van der Waals surface area contributed by atoms with E-state index >= 15 is 0 Å². The topological polar surface area (TPSA) is 56.2 Å². The van der Waals surface area contributed by atoms with Gasteiger partial charge in [0.2, 0.25) is 0 Å². The number of aromatic nitrogens is 2. The number of carbonyl (C=O) groups excluding carboxylic acids is 1. The summed E-state index contributed by atoms with van der Waals surface area (Å²) in [5.41, 5.74) is 2.40. The maximum Gasteiger partial charge on any atom is 0.256 e. The highest BCUT2D eigenvalue weighted by Crippen LogP contribution is 2.36. The van der Waals surface area contributed by atoms with Gasteiger partial charge < -0.3 is 10.1 Å². The lowest BCUT2D eigenvalue weighted by atomic mass is 10.1. The summed E-state index contributed by atoms with van der Waals surface area (Å²) >= 11 is 18.2. The molecule has 0 bridgehead atoms. The molecule has 3 aromatic carbocycles. The second-order valence-electron chi connectivity index (χ2n) is 7.03. The fourth-order valence-corrected chi connectivity index (χ4v) is 4.03. The van der Waals surface area contributed by atoms with E-state index < -0.39 is 0 Å². The van der Waals surface area contributed by atoms with E-state index in [0.29, 0.717) is 38.7 Å². The average molecular weight is 487 g/mol. The van der Waals surface area contributed by atoms with E-state index in [1.54, 1.807) is 41.1 Å². The van der Waals surface area contributed by atoms with Gasteiger partial charge in [-0.3, -0.25) is 9.48 Å². The highest BCUT2D eigenvalue weighted by Gasteiger charge is 2.12. The number of anilines is 1. The van der Waals surface area contributed by atoms with Crippen LogP contribution in [0.1, 0.15) is 21.5 Å². The molecule has 32 heavy (non-hydrogen) atoms. The van der Waals surface area contributed by atoms with Crippen molar-refractivity contribution in [2.45, 2.75) is 13.2 Å². The lowest BCUT2D eigenvalue weighted by Crippen LogP contribution is -2.13. The third kappa shape index (κ3) is 5.62. The number of nitrogens with one attached hydrogen (secondary N) is 1. The Morgan fingerprint density at radius 2 is 1.62 bits per heavy atom. The van der Waals surface area contributed by atoms with Crippen LogP contribution in [0.15, 0.2) is 79.0 Å². The molecule has 0 fully saturated rings. The normalized spacial score (nSPS) is 10.7. The molecule has 4 rings (SSSR count). The summed E-state index contributed by atoms with van der Waals surface area (Å²) in [5.74, 6) is 0.559. The molecule has 1 amide bonds. The Morgan fingerprint density at radius 3 is 2.38 bits per heavy atom. The van der Waals surface area contributed by atoms with Crippen molar-refractivity contribution in [3.63, 3.8) is 0 Å². The summed E-state index contributed by atoms with van der Waals surface area (Å²) in [6.07, 6.45) is 1.83. The molecule has 0 saturated carbocycles. The van der Waals surface area contributed by atoms with E-state index in [-0.39, 0.29) is 12.5 Å². The molecule has 4 aromatic rings. The Bertz CT molecular complexity index is 1220. The molecule has 0 spiro atoms. The Hall–Kier alpha value is -2.99. The van der Waals surface area contributed by atoms with E-state index in [2.05, 4.69) is 10.4 Å². The quantitative estimate of drug-likeness (QED) is 0.315. The minimum absolute atomic E-state index is 0.188. The number of halogens is 3. The van der Waals surface area contributed by atoms with Crippen LogP contribution in [-0.4, -0.2) is 15.7 Å². The summed E-state index contributed by atoms with van der Waals surface area (Å²) in [6.45, 7) is 0.813. The Balaban J connectivity index is 1.39. The molecule has 1 heterocycles. The van der Waals surface area contributed by atoms with Crippen molar-refractivity contribution in [1.29, 1.82) is 0 Å². The van der Waals surface area contributed by atoms with Crippen LogP contribution in [0.25, 0.3) is 0 Å². The second kappa shape index (κ2) is 10.1. The van der Waals surface area contributed by atoms with Gasteiger partial charge in [0.1, 0.15) is 6.61 Å². The first kappa shape index (κ1) is 22.2. The van der Waals surface area contributed by atoms with Crippen LogP contribution in [0.3, 0.4) is 0 Å². The third-order valence-electron chi connectivity index (χ3n) is 4.61. The van der Waals surface area contributed by atoms with Crippen LogP contribution >= 0.6 is 34.8 Å². The molecule has 1 aromatic heterocycles. The molecule has 8 heteroatoms. The van der Waals surface area contributed by atoms with E-state index in [0.717, 1.165) is 11.1 Å². The molecular weight excluding hydrogens is 469 g/mol. The maximum absolute atomic E-state index is 12.7. The first-order valence-electron chi connectivity index (χ1n) is 9.73. The zero-order valence-electron chi connectivity index (χ0n) is 16.8. The molecule has 0 aliphatic heterocycles. The van der Waals surface area contributed by atoms with E-state index in [4.69, 9.17) is 39.5 Å². The van der Waals surface area contributed by atoms with E-state index in [1.807, 2.05) is 42.6 Å². The molecule has 0 aliphatic rings. The van der Waals surface area contributed by atoms with E-state index in [1.165, 1.54) is 0 Å². The molecule has 0 unspecified atom stereocenters. The van der Waals surface area contributed by atoms with Gasteiger partial charge in [0, 0.05) is 22.8 Å². The third-order valence-corrected chi connectivity index (χ3v) is 5.38. The van der Waals surface area contributed by atoms with Crippen molar-refractivity contribution in [3.05, 3.63) is 111 Å². The van der Waals surface area contributed by atoms with Gasteiger partial charge in [-0.1, -0.05) is 77.3 Å². The number of carbonyl (C=O) groups is 1. The average Bonchev–Trinajstić information content (AvgIpc) is 3.20. The number of amides is 1. The predicted octanol–water partition coefficient (Wildman–Crippen LogP) is 6.72. The van der Waals surface area contributed by atoms with Crippen LogP contribution in [0.2, 0.25) is 15.1 Å². The standard InChI is InChI=1S/C24H18Cl3N3O2/c25-19-12-20(26)23(21(27)13-19)32-15-17-7-4-8-18(11-17)24(31)28-22-9-10-30(29-22)14-16-5-2-1-3-6-16/h1-13H,14-15H2,(H,28,29,31). The van der Waals surface area contributed by atoms with Gasteiger partial charge in [0.05, 0.1) is 16.6 Å². The zero-order chi connectivity index (χ0) is 22.5. The van der Waals surface area contributed by atoms with Crippen LogP contribution in [0.5, 0.6) is 5.75 Å². The fourth-order valence-electron chi connectivity index (χ4n) is 3.10. The Labute approximate surface area is 200 Å². The molecular formula is C24H18Cl3N3O2. The second-order valence-corrected chi connectivity index (χ2v) is 8.28. The van der Waals surface area contributed by atoms with Gasteiger partial charge in [-0.15, -0.1) is 0 Å². The number of hydrogen-bond acceptors (Lipinski definition) is 3. The van der Waals surface area contributed by atoms with Crippen LogP contribution < -0.4 is 10.1 Å². The van der Waals surface area contributed by atoms with Crippen molar-refractivity contribution < 1.29 is 9.53 Å². The number of rotatable bonds is 7. The summed E-state index contributed by atoms with van der Waals surface area (Å²) in [5, 5.41) is 8.31. The Morgan fingerprint density at radius 1 is 0.906 bits per heavy atom. The molecule has 162 valence electrons. The van der Waals surface area contributed by atoms with Gasteiger partial charge in [-0.2, -0.15) is 5.10 Å². The van der Waals surface area contributed by atoms with Crippen molar-refractivity contribution in [1.82, 2.24) is 9.78 Å². The monoisotopic (exact) mass is 485 g/mol. The highest BCUT2D eigenvalue weighted by molar-refractivity contribution is 6.40. The van der Waals surface area contributed by atoms with Gasteiger partial charge in [0.25, 0.3) is 5.91 Å². The minimum Gasteiger partial charge on any atom is -0.486 e. The number of nitrogens with zero attached hydrogens (tertiary/aromatic N) is 2. The SMILES string of the molecule is O=C(Nc1ccn(Cc2ccccc2)n1)c1cccc(COc2c(Cl)cc(Cl)cc2Cl)c1. The molecule has 1 N–H and O–H groups in total. The highest BCUT2D eigenvalue weighted by atomic mass is 35.5. The van der Waals surface area contributed by atoms with Crippen LogP contribution in [0.4, 0.5) is 5.82 Å². The zero-order valence-corrected chi connectivity index (χ0v) is 19.0. The van der Waals surface area contributed by atoms with Crippen molar-refractivity contribution >= 4 is 46.5 Å². The summed E-state index contributed by atoms with van der Waals surface area (Å²) < 4.78 is 7.52. The largest absolute Gasteiger partial charge is 0.486 e. The van der Waals surface area contributed by atoms with Crippen molar-refractivity contribution in [2.75, 3.05) is 5.32 Å². The van der Waals surface area contributed by atoms with Gasteiger partial charge in [-0.25, -0.2) is 0 Å². The summed E-state index contributed by atoms with van der Waals surface area (Å²) in [4.78, 5) is 12.7. The molecule has 0 atom stereocenters. The summed E-state index contributed by atoms with van der Waals surface area (Å²) in [7, 11) is 0.